The van der Waals surface area contributed by atoms with E-state index in [9.17, 15) is 8.78 Å². The van der Waals surface area contributed by atoms with Crippen LogP contribution in [0.3, 0.4) is 0 Å². The smallest absolute Gasteiger partial charge is 0.159 e. The summed E-state index contributed by atoms with van der Waals surface area (Å²) in [6.07, 6.45) is 4.93. The van der Waals surface area contributed by atoms with E-state index in [-0.39, 0.29) is 11.6 Å². The summed E-state index contributed by atoms with van der Waals surface area (Å²) in [4.78, 5) is 16.5. The molecule has 0 saturated carbocycles. The maximum Gasteiger partial charge on any atom is 0.159 e. The van der Waals surface area contributed by atoms with Crippen molar-refractivity contribution >= 4 is 21.9 Å². The van der Waals surface area contributed by atoms with Crippen LogP contribution in [0.15, 0.2) is 73.2 Å². The number of H-pyrrole nitrogens is 2. The molecule has 0 radical (unpaired) electrons. The summed E-state index contributed by atoms with van der Waals surface area (Å²) in [5.41, 5.74) is 5.01. The number of pyridine rings is 2. The number of nitrogens with one attached hydrogen (secondary N) is 2. The van der Waals surface area contributed by atoms with Gasteiger partial charge in [-0.15, -0.1) is 0 Å². The summed E-state index contributed by atoms with van der Waals surface area (Å²) in [6.45, 7) is 0. The summed E-state index contributed by atoms with van der Waals surface area (Å²) < 4.78 is 28.1. The third-order valence-electron chi connectivity index (χ3n) is 5.37. The summed E-state index contributed by atoms with van der Waals surface area (Å²) in [5.74, 6) is -0.164. The van der Waals surface area contributed by atoms with Crippen LogP contribution in [0.5, 0.6) is 0 Å². The quantitative estimate of drug-likeness (QED) is 0.393. The molecule has 0 saturated heterocycles. The first-order chi connectivity index (χ1) is 15.7. The lowest BCUT2D eigenvalue weighted by Gasteiger charge is -2.03. The van der Waals surface area contributed by atoms with Gasteiger partial charge in [0.15, 0.2) is 5.82 Å². The number of aromatic amines is 2. The molecule has 0 atom stereocenters. The van der Waals surface area contributed by atoms with Gasteiger partial charge in [0, 0.05) is 46.7 Å². The Morgan fingerprint density at radius 1 is 0.812 bits per heavy atom. The van der Waals surface area contributed by atoms with Gasteiger partial charge in [-0.05, 0) is 42.5 Å². The number of nitrogens with zero attached hydrogens (tertiary/aromatic N) is 4. The molecule has 4 heterocycles. The lowest BCUT2D eigenvalue weighted by molar-refractivity contribution is 0.628. The first-order valence-corrected chi connectivity index (χ1v) is 9.86. The molecule has 0 bridgehead atoms. The number of rotatable bonds is 3. The number of aromatic nitrogens is 6. The van der Waals surface area contributed by atoms with Crippen molar-refractivity contribution < 1.29 is 8.78 Å². The number of fused-ring (bicyclic) bond motifs is 2. The molecule has 6 rings (SSSR count). The zero-order chi connectivity index (χ0) is 21.7. The molecular weight excluding hydrogens is 410 g/mol. The van der Waals surface area contributed by atoms with E-state index in [4.69, 9.17) is 4.98 Å². The lowest BCUT2D eigenvalue weighted by atomic mass is 10.0. The van der Waals surface area contributed by atoms with Gasteiger partial charge in [0.2, 0.25) is 0 Å². The molecule has 6 nitrogen and oxygen atoms in total. The predicted molar refractivity (Wildman–Crippen MR) is 118 cm³/mol. The van der Waals surface area contributed by atoms with Gasteiger partial charge < -0.3 is 4.98 Å². The van der Waals surface area contributed by atoms with Gasteiger partial charge in [-0.2, -0.15) is 5.10 Å². The minimum absolute atomic E-state index is 0.316. The molecule has 6 aromatic rings. The van der Waals surface area contributed by atoms with Crippen molar-refractivity contribution in [1.29, 1.82) is 0 Å². The Hall–Kier alpha value is -4.46. The second kappa shape index (κ2) is 7.05. The Bertz CT molecular complexity index is 1590. The fourth-order valence-electron chi connectivity index (χ4n) is 3.83. The topological polar surface area (TPSA) is 83.1 Å². The molecule has 2 N–H and O–H groups in total. The van der Waals surface area contributed by atoms with Gasteiger partial charge >= 0.3 is 0 Å². The Balaban J connectivity index is 1.52. The van der Waals surface area contributed by atoms with E-state index in [0.29, 0.717) is 39.4 Å². The summed E-state index contributed by atoms with van der Waals surface area (Å²) >= 11 is 0. The van der Waals surface area contributed by atoms with E-state index < -0.39 is 0 Å². The Labute approximate surface area is 180 Å². The SMILES string of the molecule is Fc1ccc(-c2nccc3[nH]c(-c4n[nH]c5cc(F)c(-c6cccnc6)cc45)nc23)cc1. The fraction of sp³-hybridized carbons (Fsp3) is 0. The molecule has 0 unspecified atom stereocenters. The molecule has 8 heteroatoms. The minimum atomic E-state index is -0.367. The molecule has 0 aliphatic carbocycles. The number of halogens is 2. The number of hydrogen-bond donors (Lipinski definition) is 2. The van der Waals surface area contributed by atoms with Crippen molar-refractivity contribution in [2.45, 2.75) is 0 Å². The fourth-order valence-corrected chi connectivity index (χ4v) is 3.83. The molecular formula is C24H14F2N6. The van der Waals surface area contributed by atoms with Crippen LogP contribution in [0.1, 0.15) is 0 Å². The maximum absolute atomic E-state index is 14.7. The number of hydrogen-bond acceptors (Lipinski definition) is 4. The van der Waals surface area contributed by atoms with E-state index in [1.807, 2.05) is 6.07 Å². The number of benzene rings is 2. The second-order valence-corrected chi connectivity index (χ2v) is 7.34. The first-order valence-electron chi connectivity index (χ1n) is 9.86. The molecule has 2 aromatic carbocycles. The highest BCUT2D eigenvalue weighted by Gasteiger charge is 2.18. The third-order valence-corrected chi connectivity index (χ3v) is 5.37. The summed E-state index contributed by atoms with van der Waals surface area (Å²) in [7, 11) is 0. The molecule has 4 aromatic heterocycles. The van der Waals surface area contributed by atoms with Gasteiger partial charge in [-0.25, -0.2) is 13.8 Å². The van der Waals surface area contributed by atoms with Crippen LogP contribution < -0.4 is 0 Å². The average Bonchev–Trinajstić information content (AvgIpc) is 3.43. The van der Waals surface area contributed by atoms with E-state index in [0.717, 1.165) is 16.5 Å². The molecule has 0 amide bonds. The second-order valence-electron chi connectivity index (χ2n) is 7.34. The summed E-state index contributed by atoms with van der Waals surface area (Å²) in [5, 5.41) is 7.98. The predicted octanol–water partition coefficient (Wildman–Crippen LogP) is 5.51. The summed E-state index contributed by atoms with van der Waals surface area (Å²) in [6, 6.07) is 14.6. The standard InChI is InChI=1S/C24H14F2N6/c25-15-5-3-13(4-6-15)21-23-19(7-9-28-21)29-24(30-23)22-17-10-16(14-2-1-8-27-12-14)18(26)11-20(17)31-32-22/h1-12H,(H,29,30)(H,31,32). The zero-order valence-electron chi connectivity index (χ0n) is 16.5. The Kier molecular flexibility index (Phi) is 4.04. The van der Waals surface area contributed by atoms with Gasteiger partial charge in [-0.1, -0.05) is 6.07 Å². The van der Waals surface area contributed by atoms with Crippen molar-refractivity contribution in [3.8, 4) is 33.9 Å². The largest absolute Gasteiger partial charge is 0.336 e. The van der Waals surface area contributed by atoms with E-state index in [1.54, 1.807) is 48.9 Å². The molecule has 154 valence electrons. The van der Waals surface area contributed by atoms with Crippen molar-refractivity contribution in [2.24, 2.45) is 0 Å². The van der Waals surface area contributed by atoms with E-state index in [2.05, 4.69) is 25.1 Å². The van der Waals surface area contributed by atoms with Crippen LogP contribution in [0.4, 0.5) is 8.78 Å². The van der Waals surface area contributed by atoms with Crippen LogP contribution in [0, 0.1) is 11.6 Å². The van der Waals surface area contributed by atoms with Crippen molar-refractivity contribution in [3.05, 3.63) is 84.8 Å². The lowest BCUT2D eigenvalue weighted by Crippen LogP contribution is -1.87. The van der Waals surface area contributed by atoms with Crippen LogP contribution in [0.2, 0.25) is 0 Å². The van der Waals surface area contributed by atoms with Crippen molar-refractivity contribution in [1.82, 2.24) is 30.1 Å². The zero-order valence-corrected chi connectivity index (χ0v) is 16.5. The third kappa shape index (κ3) is 2.92. The monoisotopic (exact) mass is 424 g/mol. The average molecular weight is 424 g/mol. The van der Waals surface area contributed by atoms with Gasteiger partial charge in [-0.3, -0.25) is 15.1 Å². The van der Waals surface area contributed by atoms with E-state index >= 15 is 0 Å². The van der Waals surface area contributed by atoms with Gasteiger partial charge in [0.25, 0.3) is 0 Å². The van der Waals surface area contributed by atoms with Crippen molar-refractivity contribution in [2.75, 3.05) is 0 Å². The van der Waals surface area contributed by atoms with Crippen LogP contribution in [-0.4, -0.2) is 30.1 Å². The highest BCUT2D eigenvalue weighted by Crippen LogP contribution is 2.33. The molecule has 32 heavy (non-hydrogen) atoms. The Morgan fingerprint density at radius 3 is 2.50 bits per heavy atom. The van der Waals surface area contributed by atoms with Gasteiger partial charge in [0.1, 0.15) is 22.8 Å². The molecule has 0 fully saturated rings. The Morgan fingerprint density at radius 2 is 1.69 bits per heavy atom. The molecule has 0 aliphatic rings. The maximum atomic E-state index is 14.7. The van der Waals surface area contributed by atoms with E-state index in [1.165, 1.54) is 18.2 Å². The highest BCUT2D eigenvalue weighted by molar-refractivity contribution is 5.97. The normalized spacial score (nSPS) is 11.4. The molecule has 0 aliphatic heterocycles. The minimum Gasteiger partial charge on any atom is -0.336 e. The first kappa shape index (κ1) is 18.3. The van der Waals surface area contributed by atoms with Crippen LogP contribution >= 0.6 is 0 Å². The van der Waals surface area contributed by atoms with Gasteiger partial charge in [0.05, 0.1) is 16.7 Å². The van der Waals surface area contributed by atoms with Crippen LogP contribution in [0.25, 0.3) is 55.8 Å². The van der Waals surface area contributed by atoms with Crippen molar-refractivity contribution in [3.63, 3.8) is 0 Å². The highest BCUT2D eigenvalue weighted by atomic mass is 19.1. The van der Waals surface area contributed by atoms with Crippen LogP contribution in [-0.2, 0) is 0 Å². The number of imidazole rings is 1. The molecule has 0 spiro atoms.